The molecule has 0 amide bonds. The normalized spacial score (nSPS) is 22.9. The van der Waals surface area contributed by atoms with E-state index in [1.807, 2.05) is 5.38 Å². The second-order valence-corrected chi connectivity index (χ2v) is 4.68. The maximum atomic E-state index is 11.8. The van der Waals surface area contributed by atoms with Crippen LogP contribution in [0.2, 0.25) is 0 Å². The molecule has 1 aliphatic heterocycles. The first kappa shape index (κ1) is 10.7. The van der Waals surface area contributed by atoms with Gasteiger partial charge >= 0.3 is 0 Å². The van der Waals surface area contributed by atoms with Gasteiger partial charge in [0.25, 0.3) is 0 Å². The van der Waals surface area contributed by atoms with Crippen molar-refractivity contribution in [2.75, 3.05) is 26.2 Å². The number of ketones is 1. The van der Waals surface area contributed by atoms with Gasteiger partial charge in [0.2, 0.25) is 5.78 Å². The van der Waals surface area contributed by atoms with E-state index in [0.29, 0.717) is 17.6 Å². The van der Waals surface area contributed by atoms with Crippen LogP contribution in [-0.2, 0) is 0 Å². The number of hydrogen-bond donors (Lipinski definition) is 1. The molecule has 0 bridgehead atoms. The fourth-order valence-electron chi connectivity index (χ4n) is 1.73. The highest BCUT2D eigenvalue weighted by Gasteiger charge is 2.21. The molecule has 82 valence electrons. The van der Waals surface area contributed by atoms with Gasteiger partial charge in [-0.1, -0.05) is 0 Å². The van der Waals surface area contributed by atoms with E-state index >= 15 is 0 Å². The number of rotatable bonds is 3. The summed E-state index contributed by atoms with van der Waals surface area (Å²) >= 11 is 1.42. The van der Waals surface area contributed by atoms with Crippen molar-refractivity contribution in [1.29, 1.82) is 0 Å². The fraction of sp³-hybridized carbons (Fsp3) is 0.600. The third-order valence-corrected chi connectivity index (χ3v) is 3.47. The number of hydrogen-bond acceptors (Lipinski definition) is 5. The smallest absolute Gasteiger partial charge is 0.205 e. The molecule has 0 unspecified atom stereocenters. The summed E-state index contributed by atoms with van der Waals surface area (Å²) in [4.78, 5) is 18.0. The Morgan fingerprint density at radius 3 is 3.33 bits per heavy atom. The number of Topliss-reactive ketones (excluding diaryl/α,β-unsaturated/α-hetero) is 1. The highest BCUT2D eigenvalue weighted by molar-refractivity contribution is 7.11. The summed E-state index contributed by atoms with van der Waals surface area (Å²) in [7, 11) is 0. The lowest BCUT2D eigenvalue weighted by atomic mass is 10.2. The molecular weight excluding hydrogens is 210 g/mol. The van der Waals surface area contributed by atoms with Crippen LogP contribution in [0.3, 0.4) is 0 Å². The van der Waals surface area contributed by atoms with E-state index < -0.39 is 0 Å². The molecular formula is C10H15N3OS. The first-order chi connectivity index (χ1) is 7.27. The van der Waals surface area contributed by atoms with Crippen LogP contribution in [0.5, 0.6) is 0 Å². The SMILES string of the molecule is C[C@H]1CNCCN1CC(=O)c1nccs1. The Morgan fingerprint density at radius 1 is 1.80 bits per heavy atom. The first-order valence-corrected chi connectivity index (χ1v) is 6.03. The van der Waals surface area contributed by atoms with Gasteiger partial charge < -0.3 is 5.32 Å². The summed E-state index contributed by atoms with van der Waals surface area (Å²) in [5, 5.41) is 5.77. The molecule has 1 saturated heterocycles. The molecule has 1 aromatic rings. The minimum absolute atomic E-state index is 0.138. The molecule has 1 aromatic heterocycles. The van der Waals surface area contributed by atoms with Crippen LogP contribution in [0.25, 0.3) is 0 Å². The van der Waals surface area contributed by atoms with Crippen molar-refractivity contribution < 1.29 is 4.79 Å². The Morgan fingerprint density at radius 2 is 2.67 bits per heavy atom. The van der Waals surface area contributed by atoms with Crippen LogP contribution in [-0.4, -0.2) is 47.9 Å². The predicted molar refractivity (Wildman–Crippen MR) is 60.3 cm³/mol. The number of aromatic nitrogens is 1. The second-order valence-electron chi connectivity index (χ2n) is 3.78. The van der Waals surface area contributed by atoms with Crippen LogP contribution in [0.4, 0.5) is 0 Å². The Labute approximate surface area is 93.3 Å². The Hall–Kier alpha value is -0.780. The molecule has 1 atom stereocenters. The Balaban J connectivity index is 1.93. The van der Waals surface area contributed by atoms with Crippen LogP contribution in [0.15, 0.2) is 11.6 Å². The van der Waals surface area contributed by atoms with Gasteiger partial charge in [-0.2, -0.15) is 0 Å². The van der Waals surface area contributed by atoms with Gasteiger partial charge in [-0.25, -0.2) is 4.98 Å². The zero-order valence-corrected chi connectivity index (χ0v) is 9.59. The van der Waals surface area contributed by atoms with Crippen molar-refractivity contribution in [2.45, 2.75) is 13.0 Å². The zero-order valence-electron chi connectivity index (χ0n) is 8.77. The third kappa shape index (κ3) is 2.62. The molecule has 0 saturated carbocycles. The molecule has 5 heteroatoms. The van der Waals surface area contributed by atoms with Gasteiger partial charge in [0.05, 0.1) is 6.54 Å². The molecule has 0 aliphatic carbocycles. The van der Waals surface area contributed by atoms with E-state index in [4.69, 9.17) is 0 Å². The summed E-state index contributed by atoms with van der Waals surface area (Å²) in [6.45, 7) is 5.51. The standard InChI is InChI=1S/C10H15N3OS/c1-8-6-11-2-4-13(8)7-9(14)10-12-3-5-15-10/h3,5,8,11H,2,4,6-7H2,1H3/t8-/m0/s1. The Kier molecular flexibility index (Phi) is 3.45. The second kappa shape index (κ2) is 4.83. The minimum atomic E-state index is 0.138. The van der Waals surface area contributed by atoms with E-state index in [1.54, 1.807) is 6.20 Å². The molecule has 1 fully saturated rings. The van der Waals surface area contributed by atoms with Gasteiger partial charge in [-0.3, -0.25) is 9.69 Å². The van der Waals surface area contributed by atoms with Gasteiger partial charge in [-0.15, -0.1) is 11.3 Å². The van der Waals surface area contributed by atoms with Crippen LogP contribution >= 0.6 is 11.3 Å². The lowest BCUT2D eigenvalue weighted by Crippen LogP contribution is -2.51. The van der Waals surface area contributed by atoms with Crippen LogP contribution in [0.1, 0.15) is 16.7 Å². The van der Waals surface area contributed by atoms with Gasteiger partial charge in [0, 0.05) is 37.3 Å². The number of carbonyl (C=O) groups is 1. The summed E-state index contributed by atoms with van der Waals surface area (Å²) in [5.41, 5.74) is 0. The summed E-state index contributed by atoms with van der Waals surface area (Å²) < 4.78 is 0. The average molecular weight is 225 g/mol. The topological polar surface area (TPSA) is 45.2 Å². The van der Waals surface area contributed by atoms with Gasteiger partial charge in [0.15, 0.2) is 5.01 Å². The lowest BCUT2D eigenvalue weighted by molar-refractivity contribution is 0.0875. The minimum Gasteiger partial charge on any atom is -0.314 e. The maximum absolute atomic E-state index is 11.8. The van der Waals surface area contributed by atoms with Crippen LogP contribution < -0.4 is 5.32 Å². The predicted octanol–water partition coefficient (Wildman–Crippen LogP) is 0.620. The van der Waals surface area contributed by atoms with Crippen molar-refractivity contribution in [2.24, 2.45) is 0 Å². The molecule has 2 heterocycles. The highest BCUT2D eigenvalue weighted by atomic mass is 32.1. The van der Waals surface area contributed by atoms with Gasteiger partial charge in [0.1, 0.15) is 0 Å². The van der Waals surface area contributed by atoms with E-state index in [9.17, 15) is 4.79 Å². The van der Waals surface area contributed by atoms with Crippen molar-refractivity contribution in [3.63, 3.8) is 0 Å². The van der Waals surface area contributed by atoms with E-state index in [1.165, 1.54) is 11.3 Å². The molecule has 2 rings (SSSR count). The molecule has 0 aromatic carbocycles. The van der Waals surface area contributed by atoms with Gasteiger partial charge in [-0.05, 0) is 6.92 Å². The first-order valence-electron chi connectivity index (χ1n) is 5.15. The number of piperazine rings is 1. The van der Waals surface area contributed by atoms with E-state index in [2.05, 4.69) is 22.1 Å². The largest absolute Gasteiger partial charge is 0.314 e. The Bertz CT molecular complexity index is 325. The summed E-state index contributed by atoms with van der Waals surface area (Å²) in [5.74, 6) is 0.138. The van der Waals surface area contributed by atoms with E-state index in [-0.39, 0.29) is 5.78 Å². The van der Waals surface area contributed by atoms with Crippen molar-refractivity contribution >= 4 is 17.1 Å². The average Bonchev–Trinajstić information content (AvgIpc) is 2.74. The monoisotopic (exact) mass is 225 g/mol. The zero-order chi connectivity index (χ0) is 10.7. The van der Waals surface area contributed by atoms with Crippen molar-refractivity contribution in [1.82, 2.24) is 15.2 Å². The summed E-state index contributed by atoms with van der Waals surface area (Å²) in [6, 6.07) is 0.433. The molecule has 0 radical (unpaired) electrons. The third-order valence-electron chi connectivity index (χ3n) is 2.66. The molecule has 15 heavy (non-hydrogen) atoms. The fourth-order valence-corrected chi connectivity index (χ4v) is 2.30. The lowest BCUT2D eigenvalue weighted by Gasteiger charge is -2.32. The quantitative estimate of drug-likeness (QED) is 0.766. The summed E-state index contributed by atoms with van der Waals surface area (Å²) in [6.07, 6.45) is 1.68. The molecule has 1 N–H and O–H groups in total. The van der Waals surface area contributed by atoms with Crippen molar-refractivity contribution in [3.05, 3.63) is 16.6 Å². The highest BCUT2D eigenvalue weighted by Crippen LogP contribution is 2.08. The van der Waals surface area contributed by atoms with Crippen LogP contribution in [0, 0.1) is 0 Å². The number of carbonyl (C=O) groups excluding carboxylic acids is 1. The number of nitrogens with one attached hydrogen (secondary N) is 1. The molecule has 1 aliphatic rings. The molecule has 0 spiro atoms. The number of thiazole rings is 1. The maximum Gasteiger partial charge on any atom is 0.205 e. The number of nitrogens with zero attached hydrogens (tertiary/aromatic N) is 2. The molecule has 4 nitrogen and oxygen atoms in total. The van der Waals surface area contributed by atoms with E-state index in [0.717, 1.165) is 19.6 Å². The van der Waals surface area contributed by atoms with Crippen molar-refractivity contribution in [3.8, 4) is 0 Å².